The number of anilines is 2. The Bertz CT molecular complexity index is 499. The summed E-state index contributed by atoms with van der Waals surface area (Å²) in [5.41, 5.74) is 1.92. The second kappa shape index (κ2) is 4.80. The fourth-order valence-corrected chi connectivity index (χ4v) is 1.56. The van der Waals surface area contributed by atoms with E-state index in [1.807, 2.05) is 25.1 Å². The molecule has 0 aliphatic rings. The molecule has 0 unspecified atom stereocenters. The first-order chi connectivity index (χ1) is 7.65. The molecule has 0 atom stereocenters. The molecule has 82 valence electrons. The van der Waals surface area contributed by atoms with Crippen LogP contribution in [0.5, 0.6) is 0 Å². The van der Waals surface area contributed by atoms with Crippen molar-refractivity contribution in [2.45, 2.75) is 6.92 Å². The lowest BCUT2D eigenvalue weighted by Gasteiger charge is -2.05. The average Bonchev–Trinajstić information content (AvgIpc) is 2.27. The summed E-state index contributed by atoms with van der Waals surface area (Å²) < 4.78 is 0.847. The van der Waals surface area contributed by atoms with E-state index in [1.54, 1.807) is 12.4 Å². The molecule has 0 spiro atoms. The summed E-state index contributed by atoms with van der Waals surface area (Å²) >= 11 is 9.30. The number of aromatic nitrogens is 2. The van der Waals surface area contributed by atoms with Crippen molar-refractivity contribution in [3.8, 4) is 0 Å². The first-order valence-corrected chi connectivity index (χ1v) is 5.83. The van der Waals surface area contributed by atoms with Crippen molar-refractivity contribution in [1.29, 1.82) is 0 Å². The minimum atomic E-state index is 0.545. The molecule has 0 fully saturated rings. The largest absolute Gasteiger partial charge is 0.324 e. The van der Waals surface area contributed by atoms with Crippen LogP contribution in [0.15, 0.2) is 35.1 Å². The van der Waals surface area contributed by atoms with Gasteiger partial charge in [-0.1, -0.05) is 17.7 Å². The highest BCUT2D eigenvalue weighted by molar-refractivity contribution is 9.10. The van der Waals surface area contributed by atoms with Gasteiger partial charge in [-0.15, -0.1) is 0 Å². The van der Waals surface area contributed by atoms with Gasteiger partial charge in [-0.05, 0) is 40.5 Å². The number of halogens is 2. The van der Waals surface area contributed by atoms with Crippen molar-refractivity contribution in [2.75, 3.05) is 5.32 Å². The van der Waals surface area contributed by atoms with Gasteiger partial charge in [0.1, 0.15) is 0 Å². The molecule has 1 heterocycles. The Hall–Kier alpha value is -1.13. The van der Waals surface area contributed by atoms with Crippen LogP contribution in [0.1, 0.15) is 5.56 Å². The van der Waals surface area contributed by atoms with Crippen molar-refractivity contribution in [1.82, 2.24) is 9.97 Å². The van der Waals surface area contributed by atoms with Gasteiger partial charge in [-0.3, -0.25) is 0 Å². The Kier molecular flexibility index (Phi) is 3.41. The lowest BCUT2D eigenvalue weighted by molar-refractivity contribution is 1.15. The molecule has 0 saturated heterocycles. The van der Waals surface area contributed by atoms with Gasteiger partial charge in [0.15, 0.2) is 0 Å². The third-order valence-corrected chi connectivity index (χ3v) is 2.87. The standard InChI is InChI=1S/C11H9BrClN3/c1-7-2-3-9(4-10(7)13)16-11-14-5-8(12)6-15-11/h2-6H,1H3,(H,14,15,16). The van der Waals surface area contributed by atoms with Crippen LogP contribution in [0.4, 0.5) is 11.6 Å². The molecule has 0 saturated carbocycles. The third kappa shape index (κ3) is 2.71. The molecule has 0 aliphatic carbocycles. The molecule has 0 bridgehead atoms. The fraction of sp³-hybridized carbons (Fsp3) is 0.0909. The van der Waals surface area contributed by atoms with Gasteiger partial charge in [0.05, 0.1) is 4.47 Å². The van der Waals surface area contributed by atoms with Crippen molar-refractivity contribution in [3.63, 3.8) is 0 Å². The molecule has 1 aromatic carbocycles. The van der Waals surface area contributed by atoms with Crippen LogP contribution in [0.2, 0.25) is 5.02 Å². The molecular formula is C11H9BrClN3. The summed E-state index contributed by atoms with van der Waals surface area (Å²) in [7, 11) is 0. The van der Waals surface area contributed by atoms with E-state index in [9.17, 15) is 0 Å². The van der Waals surface area contributed by atoms with Gasteiger partial charge < -0.3 is 5.32 Å². The van der Waals surface area contributed by atoms with Crippen LogP contribution >= 0.6 is 27.5 Å². The molecular weight excluding hydrogens is 289 g/mol. The second-order valence-corrected chi connectivity index (χ2v) is 4.64. The van der Waals surface area contributed by atoms with Crippen LogP contribution < -0.4 is 5.32 Å². The SMILES string of the molecule is Cc1ccc(Nc2ncc(Br)cn2)cc1Cl. The Labute approximate surface area is 107 Å². The van der Waals surface area contributed by atoms with Crippen LogP contribution in [0.3, 0.4) is 0 Å². The third-order valence-electron chi connectivity index (χ3n) is 2.05. The molecule has 0 aliphatic heterocycles. The van der Waals surface area contributed by atoms with Crippen molar-refractivity contribution in [2.24, 2.45) is 0 Å². The fourth-order valence-electron chi connectivity index (χ4n) is 1.18. The molecule has 0 radical (unpaired) electrons. The second-order valence-electron chi connectivity index (χ2n) is 3.31. The monoisotopic (exact) mass is 297 g/mol. The summed E-state index contributed by atoms with van der Waals surface area (Å²) in [5.74, 6) is 0.545. The number of hydrogen-bond donors (Lipinski definition) is 1. The van der Waals surface area contributed by atoms with Crippen molar-refractivity contribution in [3.05, 3.63) is 45.7 Å². The quantitative estimate of drug-likeness (QED) is 0.912. The molecule has 3 nitrogen and oxygen atoms in total. The number of rotatable bonds is 2. The lowest BCUT2D eigenvalue weighted by Crippen LogP contribution is -1.96. The highest BCUT2D eigenvalue weighted by atomic mass is 79.9. The number of benzene rings is 1. The van der Waals surface area contributed by atoms with Crippen LogP contribution in [-0.4, -0.2) is 9.97 Å². The zero-order valence-corrected chi connectivity index (χ0v) is 10.9. The van der Waals surface area contributed by atoms with Gasteiger partial charge in [-0.2, -0.15) is 0 Å². The summed E-state index contributed by atoms with van der Waals surface area (Å²) in [5, 5.41) is 3.80. The van der Waals surface area contributed by atoms with E-state index in [2.05, 4.69) is 31.2 Å². The Morgan fingerprint density at radius 3 is 2.56 bits per heavy atom. The summed E-state index contributed by atoms with van der Waals surface area (Å²) in [6, 6.07) is 5.73. The minimum Gasteiger partial charge on any atom is -0.324 e. The van der Waals surface area contributed by atoms with E-state index < -0.39 is 0 Å². The molecule has 1 N–H and O–H groups in total. The Morgan fingerprint density at radius 2 is 1.94 bits per heavy atom. The van der Waals surface area contributed by atoms with Crippen LogP contribution in [0, 0.1) is 6.92 Å². The summed E-state index contributed by atoms with van der Waals surface area (Å²) in [6.45, 7) is 1.96. The van der Waals surface area contributed by atoms with Crippen LogP contribution in [0.25, 0.3) is 0 Å². The zero-order valence-electron chi connectivity index (χ0n) is 8.54. The van der Waals surface area contributed by atoms with Gasteiger partial charge in [0.25, 0.3) is 0 Å². The maximum Gasteiger partial charge on any atom is 0.227 e. The number of nitrogens with one attached hydrogen (secondary N) is 1. The molecule has 0 amide bonds. The van der Waals surface area contributed by atoms with E-state index in [0.29, 0.717) is 5.95 Å². The van der Waals surface area contributed by atoms with E-state index in [4.69, 9.17) is 11.6 Å². The van der Waals surface area contributed by atoms with Crippen LogP contribution in [-0.2, 0) is 0 Å². The Morgan fingerprint density at radius 1 is 1.25 bits per heavy atom. The van der Waals surface area contributed by atoms with Crippen molar-refractivity contribution < 1.29 is 0 Å². The lowest BCUT2D eigenvalue weighted by atomic mass is 10.2. The van der Waals surface area contributed by atoms with Gasteiger partial charge in [0.2, 0.25) is 5.95 Å². The molecule has 5 heteroatoms. The maximum absolute atomic E-state index is 6.02. The van der Waals surface area contributed by atoms with E-state index in [0.717, 1.165) is 20.7 Å². The Balaban J connectivity index is 2.20. The summed E-state index contributed by atoms with van der Waals surface area (Å²) in [4.78, 5) is 8.23. The van der Waals surface area contributed by atoms with E-state index in [-0.39, 0.29) is 0 Å². The van der Waals surface area contributed by atoms with E-state index >= 15 is 0 Å². The van der Waals surface area contributed by atoms with Gasteiger partial charge >= 0.3 is 0 Å². The van der Waals surface area contributed by atoms with E-state index in [1.165, 1.54) is 0 Å². The predicted molar refractivity (Wildman–Crippen MR) is 69.2 cm³/mol. The maximum atomic E-state index is 6.02. The highest BCUT2D eigenvalue weighted by Gasteiger charge is 2.00. The topological polar surface area (TPSA) is 37.8 Å². The molecule has 2 aromatic rings. The average molecular weight is 299 g/mol. The predicted octanol–water partition coefficient (Wildman–Crippen LogP) is 3.94. The number of nitrogens with zero attached hydrogens (tertiary/aromatic N) is 2. The summed E-state index contributed by atoms with van der Waals surface area (Å²) in [6.07, 6.45) is 3.37. The number of aryl methyl sites for hydroxylation is 1. The van der Waals surface area contributed by atoms with Gasteiger partial charge in [0, 0.05) is 23.1 Å². The highest BCUT2D eigenvalue weighted by Crippen LogP contribution is 2.21. The zero-order chi connectivity index (χ0) is 11.5. The normalized spacial score (nSPS) is 10.2. The van der Waals surface area contributed by atoms with Crippen molar-refractivity contribution >= 4 is 39.2 Å². The first-order valence-electron chi connectivity index (χ1n) is 4.66. The molecule has 1 aromatic heterocycles. The van der Waals surface area contributed by atoms with Gasteiger partial charge in [-0.25, -0.2) is 9.97 Å². The number of hydrogen-bond acceptors (Lipinski definition) is 3. The smallest absolute Gasteiger partial charge is 0.227 e. The minimum absolute atomic E-state index is 0.545. The molecule has 16 heavy (non-hydrogen) atoms. The first kappa shape index (κ1) is 11.4. The molecule has 2 rings (SSSR count).